The zero-order chi connectivity index (χ0) is 9.30. The molecule has 4 N–H and O–H groups in total. The van der Waals surface area contributed by atoms with E-state index in [1.165, 1.54) is 0 Å². The van der Waals surface area contributed by atoms with Crippen LogP contribution in [0.3, 0.4) is 0 Å². The average molecular weight is 299 g/mol. The van der Waals surface area contributed by atoms with Crippen molar-refractivity contribution in [1.82, 2.24) is 0 Å². The van der Waals surface area contributed by atoms with E-state index >= 15 is 0 Å². The van der Waals surface area contributed by atoms with Gasteiger partial charge in [-0.25, -0.2) is 0 Å². The maximum atomic E-state index is 10.6. The van der Waals surface area contributed by atoms with Gasteiger partial charge in [-0.05, 0) is 0 Å². The van der Waals surface area contributed by atoms with Gasteiger partial charge in [0.05, 0.1) is 0 Å². The summed E-state index contributed by atoms with van der Waals surface area (Å²) in [6, 6.07) is 0. The predicted molar refractivity (Wildman–Crippen MR) is 36.1 cm³/mol. The molecule has 0 aromatic carbocycles. The van der Waals surface area contributed by atoms with Crippen LogP contribution in [0.25, 0.3) is 0 Å². The molecular formula is C5H6BaO6. The van der Waals surface area contributed by atoms with E-state index in [0.717, 1.165) is 0 Å². The van der Waals surface area contributed by atoms with Crippen molar-refractivity contribution in [3.05, 3.63) is 11.5 Å². The summed E-state index contributed by atoms with van der Waals surface area (Å²) < 4.78 is 11.8. The second-order valence-corrected chi connectivity index (χ2v) is 6.08. The fourth-order valence-electron chi connectivity index (χ4n) is 0.823. The van der Waals surface area contributed by atoms with Crippen LogP contribution in [-0.4, -0.2) is 73.2 Å². The molecule has 64 valence electrons. The Bertz CT molecular complexity index is 236. The zero-order valence-corrected chi connectivity index (χ0v) is 10.4. The van der Waals surface area contributed by atoms with E-state index in [1.807, 2.05) is 0 Å². The molecule has 1 aliphatic rings. The number of rotatable bonds is 2. The summed E-state index contributed by atoms with van der Waals surface area (Å²) in [6.45, 7) is 0. The van der Waals surface area contributed by atoms with Gasteiger partial charge in [0.1, 0.15) is 0 Å². The first-order valence-electron chi connectivity index (χ1n) is 3.20. The first kappa shape index (κ1) is 10.4. The molecule has 0 aliphatic carbocycles. The Balaban J connectivity index is 2.80. The monoisotopic (exact) mass is 300 g/mol. The van der Waals surface area contributed by atoms with Crippen LogP contribution in [0.2, 0.25) is 0 Å². The number of aliphatic hydroxyl groups excluding tert-OH is 3. The molecule has 0 aromatic heterocycles. The number of hydrogen-bond acceptors (Lipinski definition) is 6. The van der Waals surface area contributed by atoms with E-state index in [9.17, 15) is 4.79 Å². The quantitative estimate of drug-likeness (QED) is 0.353. The van der Waals surface area contributed by atoms with E-state index in [1.54, 1.807) is 0 Å². The van der Waals surface area contributed by atoms with Crippen molar-refractivity contribution in [2.24, 2.45) is 0 Å². The Hall–Kier alpha value is 0.301. The molecule has 12 heavy (non-hydrogen) atoms. The fourth-order valence-corrected chi connectivity index (χ4v) is 2.43. The van der Waals surface area contributed by atoms with Crippen LogP contribution in [0, 0.1) is 0 Å². The van der Waals surface area contributed by atoms with Crippen LogP contribution in [0.5, 0.6) is 0 Å². The molecule has 0 spiro atoms. The van der Waals surface area contributed by atoms with Gasteiger partial charge in [0.25, 0.3) is 0 Å². The summed E-state index contributed by atoms with van der Waals surface area (Å²) in [5.41, 5.74) is 0. The third-order valence-corrected chi connectivity index (χ3v) is 4.00. The summed E-state index contributed by atoms with van der Waals surface area (Å²) in [5.74, 6) is -2.65. The van der Waals surface area contributed by atoms with Crippen molar-refractivity contribution < 1.29 is 25.3 Å². The molecule has 1 rings (SSSR count). The van der Waals surface area contributed by atoms with Crippen molar-refractivity contribution in [3.63, 3.8) is 0 Å². The van der Waals surface area contributed by atoms with E-state index in [-0.39, 0.29) is 0 Å². The maximum absolute atomic E-state index is 10.6. The molecule has 1 aliphatic heterocycles. The van der Waals surface area contributed by atoms with Gasteiger partial charge in [0, 0.05) is 0 Å². The van der Waals surface area contributed by atoms with E-state index in [4.69, 9.17) is 15.7 Å². The summed E-state index contributed by atoms with van der Waals surface area (Å²) in [4.78, 5) is 10.6. The van der Waals surface area contributed by atoms with E-state index in [0.29, 0.717) is 0 Å². The molecule has 0 radical (unpaired) electrons. The summed E-state index contributed by atoms with van der Waals surface area (Å²) in [6.07, 6.45) is -1.26. The van der Waals surface area contributed by atoms with Crippen LogP contribution in [0.15, 0.2) is 11.5 Å². The number of cyclic esters (lactones) is 1. The van der Waals surface area contributed by atoms with Gasteiger partial charge in [-0.3, -0.25) is 0 Å². The first-order valence-corrected chi connectivity index (χ1v) is 7.75. The molecular weight excluding hydrogens is 293 g/mol. The Morgan fingerprint density at radius 3 is 2.42 bits per heavy atom. The Morgan fingerprint density at radius 2 is 2.08 bits per heavy atom. The van der Waals surface area contributed by atoms with E-state index < -0.39 is 69.0 Å². The first-order chi connectivity index (χ1) is 5.57. The third kappa shape index (κ3) is 1.79. The van der Waals surface area contributed by atoms with Crippen molar-refractivity contribution in [2.45, 2.75) is 6.68 Å². The van der Waals surface area contributed by atoms with Crippen molar-refractivity contribution in [2.75, 3.05) is 0 Å². The summed E-state index contributed by atoms with van der Waals surface area (Å²) in [5, 5.41) is 26.8. The Morgan fingerprint density at radius 1 is 1.50 bits per heavy atom. The normalized spacial score (nSPS) is 25.2. The minimum absolute atomic E-state index is 0.693. The molecule has 0 unspecified atom stereocenters. The minimum atomic E-state index is -2.47. The zero-order valence-electron chi connectivity index (χ0n) is 5.97. The molecule has 0 fully saturated rings. The SMILES string of the molecule is O=C1O[C@H]([C@@H](O)[Ba][OH])C(O)=C1O. The topological polar surface area (TPSA) is 107 Å². The number of carbonyl (C=O) groups excluding carboxylic acids is 1. The molecule has 6 nitrogen and oxygen atoms in total. The average Bonchev–Trinajstić information content (AvgIpc) is 2.32. The summed E-state index contributed by atoms with van der Waals surface area (Å²) >= 11 is -2.47. The van der Waals surface area contributed by atoms with Gasteiger partial charge in [-0.15, -0.1) is 0 Å². The van der Waals surface area contributed by atoms with Crippen LogP contribution in [0.1, 0.15) is 0 Å². The predicted octanol–water partition coefficient (Wildman–Crippen LogP) is -1.83. The molecule has 0 saturated carbocycles. The molecule has 0 bridgehead atoms. The fraction of sp³-hybridized carbons (Fsp3) is 0.400. The number of carbonyl (C=O) groups is 1. The van der Waals surface area contributed by atoms with Crippen molar-refractivity contribution in [3.8, 4) is 0 Å². The Labute approximate surface area is 93.1 Å². The number of ether oxygens (including phenoxy) is 1. The van der Waals surface area contributed by atoms with Gasteiger partial charge < -0.3 is 0 Å². The van der Waals surface area contributed by atoms with Gasteiger partial charge in [0.15, 0.2) is 0 Å². The number of hydrogen-bond donors (Lipinski definition) is 4. The van der Waals surface area contributed by atoms with Gasteiger partial charge in [-0.2, -0.15) is 0 Å². The molecule has 0 amide bonds. The molecule has 1 heterocycles. The summed E-state index contributed by atoms with van der Waals surface area (Å²) in [7, 11) is 0. The van der Waals surface area contributed by atoms with Gasteiger partial charge in [0.2, 0.25) is 0 Å². The van der Waals surface area contributed by atoms with Gasteiger partial charge in [-0.1, -0.05) is 0 Å². The van der Waals surface area contributed by atoms with Crippen molar-refractivity contribution in [1.29, 1.82) is 0 Å². The second kappa shape index (κ2) is 4.01. The Kier molecular flexibility index (Phi) is 3.47. The molecule has 7 heteroatoms. The van der Waals surface area contributed by atoms with Crippen molar-refractivity contribution >= 4 is 50.8 Å². The van der Waals surface area contributed by atoms with E-state index in [2.05, 4.69) is 4.74 Å². The van der Waals surface area contributed by atoms with Crippen LogP contribution in [0.4, 0.5) is 0 Å². The molecule has 0 saturated heterocycles. The van der Waals surface area contributed by atoms with Crippen LogP contribution < -0.4 is 0 Å². The number of aliphatic hydroxyl groups is 3. The molecule has 2 atom stereocenters. The van der Waals surface area contributed by atoms with Crippen LogP contribution >= 0.6 is 0 Å². The van der Waals surface area contributed by atoms with Gasteiger partial charge >= 0.3 is 94.3 Å². The molecule has 0 aromatic rings. The second-order valence-electron chi connectivity index (χ2n) is 2.31. The standard InChI is InChI=1S/C5H5O5.Ba.H2O/c6-1-2-3(7)4(8)5(9)10-2;;/h1-2,6-8H;;1H2/q;+1;/p-1/t2-;;/m1../s1. The number of esters is 1. The third-order valence-electron chi connectivity index (χ3n) is 1.48. The van der Waals surface area contributed by atoms with Crippen LogP contribution in [-0.2, 0) is 9.53 Å².